The highest BCUT2D eigenvalue weighted by atomic mass is 32.1. The van der Waals surface area contributed by atoms with Crippen LogP contribution in [0.4, 0.5) is 5.69 Å². The molecule has 0 N–H and O–H groups in total. The zero-order valence-electron chi connectivity index (χ0n) is 12.6. The first-order valence-corrected chi connectivity index (χ1v) is 8.44. The van der Waals surface area contributed by atoms with Gasteiger partial charge in [-0.1, -0.05) is 25.1 Å². The van der Waals surface area contributed by atoms with Crippen LogP contribution in [0, 0.1) is 10.1 Å². The second-order valence-corrected chi connectivity index (χ2v) is 6.53. The molecule has 1 aromatic heterocycles. The van der Waals surface area contributed by atoms with Gasteiger partial charge in [0.15, 0.2) is 0 Å². The van der Waals surface area contributed by atoms with Gasteiger partial charge in [0.2, 0.25) is 0 Å². The molecule has 3 rings (SSSR count). The van der Waals surface area contributed by atoms with Crippen molar-refractivity contribution >= 4 is 17.0 Å². The van der Waals surface area contributed by atoms with E-state index in [4.69, 9.17) is 4.98 Å². The number of rotatable bonds is 7. The highest BCUT2D eigenvalue weighted by molar-refractivity contribution is 7.09. The summed E-state index contributed by atoms with van der Waals surface area (Å²) >= 11 is 1.74. The van der Waals surface area contributed by atoms with Gasteiger partial charge < -0.3 is 0 Å². The summed E-state index contributed by atoms with van der Waals surface area (Å²) in [7, 11) is 0. The van der Waals surface area contributed by atoms with Crippen LogP contribution in [0.15, 0.2) is 29.6 Å². The molecule has 5 nitrogen and oxygen atoms in total. The number of thiazole rings is 1. The van der Waals surface area contributed by atoms with Gasteiger partial charge in [0.25, 0.3) is 5.69 Å². The molecule has 22 heavy (non-hydrogen) atoms. The van der Waals surface area contributed by atoms with E-state index in [1.807, 2.05) is 12.1 Å². The van der Waals surface area contributed by atoms with Gasteiger partial charge in [0, 0.05) is 36.0 Å². The lowest BCUT2D eigenvalue weighted by molar-refractivity contribution is -0.385. The molecule has 0 aliphatic heterocycles. The van der Waals surface area contributed by atoms with Crippen LogP contribution in [-0.2, 0) is 13.1 Å². The number of hydrogen-bond donors (Lipinski definition) is 0. The molecule has 116 valence electrons. The van der Waals surface area contributed by atoms with Crippen molar-refractivity contribution in [3.05, 3.63) is 56.0 Å². The van der Waals surface area contributed by atoms with Crippen LogP contribution in [-0.4, -0.2) is 21.4 Å². The molecule has 2 aromatic rings. The van der Waals surface area contributed by atoms with Crippen molar-refractivity contribution < 1.29 is 4.92 Å². The van der Waals surface area contributed by atoms with E-state index in [1.165, 1.54) is 17.8 Å². The highest BCUT2D eigenvalue weighted by Gasteiger charge is 2.26. The summed E-state index contributed by atoms with van der Waals surface area (Å²) in [6.45, 7) is 4.22. The molecule has 0 saturated heterocycles. The molecule has 1 aliphatic carbocycles. The topological polar surface area (TPSA) is 59.3 Å². The lowest BCUT2D eigenvalue weighted by Crippen LogP contribution is -2.23. The van der Waals surface area contributed by atoms with Gasteiger partial charge in [-0.2, -0.15) is 0 Å². The fourth-order valence-corrected chi connectivity index (χ4v) is 3.47. The highest BCUT2D eigenvalue weighted by Crippen LogP contribution is 2.41. The summed E-state index contributed by atoms with van der Waals surface area (Å²) in [5, 5.41) is 14.5. The SMILES string of the molecule is CCN(Cc1csc(C2CC2)n1)Cc1ccccc1[N+](=O)[O-]. The first-order chi connectivity index (χ1) is 10.7. The zero-order chi connectivity index (χ0) is 15.5. The molecule has 6 heteroatoms. The van der Waals surface area contributed by atoms with Crippen LogP contribution in [0.1, 0.15) is 41.9 Å². The van der Waals surface area contributed by atoms with Crippen molar-refractivity contribution in [2.75, 3.05) is 6.54 Å². The van der Waals surface area contributed by atoms with E-state index in [1.54, 1.807) is 23.5 Å². The normalized spacial score (nSPS) is 14.5. The van der Waals surface area contributed by atoms with Gasteiger partial charge in [0.1, 0.15) is 0 Å². The second kappa shape index (κ2) is 6.54. The molecule has 1 heterocycles. The van der Waals surface area contributed by atoms with Gasteiger partial charge in [-0.25, -0.2) is 4.98 Å². The minimum atomic E-state index is -0.308. The predicted molar refractivity (Wildman–Crippen MR) is 87.0 cm³/mol. The van der Waals surface area contributed by atoms with E-state index in [0.717, 1.165) is 24.3 Å². The third kappa shape index (κ3) is 3.51. The summed E-state index contributed by atoms with van der Waals surface area (Å²) in [5.41, 5.74) is 2.03. The van der Waals surface area contributed by atoms with Crippen molar-refractivity contribution in [2.24, 2.45) is 0 Å². The Morgan fingerprint density at radius 3 is 2.82 bits per heavy atom. The van der Waals surface area contributed by atoms with Crippen LogP contribution >= 0.6 is 11.3 Å². The summed E-state index contributed by atoms with van der Waals surface area (Å²) in [4.78, 5) is 17.7. The molecule has 0 spiro atoms. The van der Waals surface area contributed by atoms with Crippen LogP contribution < -0.4 is 0 Å². The number of nitro groups is 1. The van der Waals surface area contributed by atoms with Gasteiger partial charge in [0.05, 0.1) is 15.6 Å². The van der Waals surface area contributed by atoms with E-state index in [2.05, 4.69) is 17.2 Å². The largest absolute Gasteiger partial charge is 0.293 e. The Kier molecular flexibility index (Phi) is 4.49. The monoisotopic (exact) mass is 317 g/mol. The molecule has 1 fully saturated rings. The Bertz CT molecular complexity index is 667. The molecule has 0 atom stereocenters. The average molecular weight is 317 g/mol. The third-order valence-corrected chi connectivity index (χ3v) is 4.97. The molecule has 1 aliphatic rings. The van der Waals surface area contributed by atoms with Crippen LogP contribution in [0.25, 0.3) is 0 Å². The Labute approximate surface area is 133 Å². The molecule has 0 amide bonds. The third-order valence-electron chi connectivity index (χ3n) is 3.91. The van der Waals surface area contributed by atoms with Crippen LogP contribution in [0.5, 0.6) is 0 Å². The number of benzene rings is 1. The maximum absolute atomic E-state index is 11.1. The number of nitrogens with zero attached hydrogens (tertiary/aromatic N) is 3. The number of nitro benzene ring substituents is 1. The zero-order valence-corrected chi connectivity index (χ0v) is 13.4. The molecule has 1 saturated carbocycles. The quantitative estimate of drug-likeness (QED) is 0.573. The molecule has 0 bridgehead atoms. The summed E-state index contributed by atoms with van der Waals surface area (Å²) < 4.78 is 0. The maximum Gasteiger partial charge on any atom is 0.273 e. The van der Waals surface area contributed by atoms with E-state index < -0.39 is 0 Å². The Balaban J connectivity index is 1.70. The van der Waals surface area contributed by atoms with Crippen molar-refractivity contribution in [3.63, 3.8) is 0 Å². The molecule has 1 aromatic carbocycles. The van der Waals surface area contributed by atoms with Crippen molar-refractivity contribution in [1.29, 1.82) is 0 Å². The van der Waals surface area contributed by atoms with Gasteiger partial charge >= 0.3 is 0 Å². The standard InChI is InChI=1S/C16H19N3O2S/c1-2-18(9-13-5-3-4-6-15(13)19(20)21)10-14-11-22-16(17-14)12-7-8-12/h3-6,11-12H,2,7-10H2,1H3. The minimum Gasteiger partial charge on any atom is -0.293 e. The van der Waals surface area contributed by atoms with E-state index in [0.29, 0.717) is 12.5 Å². The fourth-order valence-electron chi connectivity index (χ4n) is 2.49. The van der Waals surface area contributed by atoms with Crippen molar-refractivity contribution in [1.82, 2.24) is 9.88 Å². The van der Waals surface area contributed by atoms with Gasteiger partial charge in [-0.3, -0.25) is 15.0 Å². The van der Waals surface area contributed by atoms with E-state index in [-0.39, 0.29) is 10.6 Å². The molecule has 0 unspecified atom stereocenters. The smallest absolute Gasteiger partial charge is 0.273 e. The average Bonchev–Trinajstić information content (AvgIpc) is 3.27. The first kappa shape index (κ1) is 15.1. The van der Waals surface area contributed by atoms with E-state index in [9.17, 15) is 10.1 Å². The predicted octanol–water partition coefficient (Wildman–Crippen LogP) is 3.95. The van der Waals surface area contributed by atoms with Crippen molar-refractivity contribution in [2.45, 2.75) is 38.8 Å². The number of hydrogen-bond acceptors (Lipinski definition) is 5. The van der Waals surface area contributed by atoms with Crippen molar-refractivity contribution in [3.8, 4) is 0 Å². The maximum atomic E-state index is 11.1. The lowest BCUT2D eigenvalue weighted by atomic mass is 10.1. The Hall–Kier alpha value is -1.79. The number of aromatic nitrogens is 1. The van der Waals surface area contributed by atoms with Crippen LogP contribution in [0.2, 0.25) is 0 Å². The Morgan fingerprint density at radius 2 is 2.14 bits per heavy atom. The first-order valence-electron chi connectivity index (χ1n) is 7.56. The second-order valence-electron chi connectivity index (χ2n) is 5.64. The van der Waals surface area contributed by atoms with E-state index >= 15 is 0 Å². The lowest BCUT2D eigenvalue weighted by Gasteiger charge is -2.19. The minimum absolute atomic E-state index is 0.192. The Morgan fingerprint density at radius 1 is 1.36 bits per heavy atom. The fraction of sp³-hybridized carbons (Fsp3) is 0.438. The molecule has 0 radical (unpaired) electrons. The van der Waals surface area contributed by atoms with Gasteiger partial charge in [-0.05, 0) is 19.4 Å². The summed E-state index contributed by atoms with van der Waals surface area (Å²) in [6, 6.07) is 6.96. The summed E-state index contributed by atoms with van der Waals surface area (Å²) in [5.74, 6) is 0.684. The molecular weight excluding hydrogens is 298 g/mol. The molecular formula is C16H19N3O2S. The summed E-state index contributed by atoms with van der Waals surface area (Å²) in [6.07, 6.45) is 2.53. The van der Waals surface area contributed by atoms with Crippen LogP contribution in [0.3, 0.4) is 0 Å². The number of para-hydroxylation sites is 1. The van der Waals surface area contributed by atoms with Gasteiger partial charge in [-0.15, -0.1) is 11.3 Å².